The fourth-order valence-corrected chi connectivity index (χ4v) is 7.64. The first-order valence-corrected chi connectivity index (χ1v) is 15.2. The zero-order chi connectivity index (χ0) is 29.9. The molecule has 0 saturated carbocycles. The Morgan fingerprint density at radius 3 is 2.27 bits per heavy atom. The molecular weight excluding hydrogens is 552 g/mol. The number of fused-ring (bicyclic) bond motifs is 1. The summed E-state index contributed by atoms with van der Waals surface area (Å²) in [5.74, 6) is -0.300. The highest BCUT2D eigenvalue weighted by atomic mass is 32.2. The highest BCUT2D eigenvalue weighted by molar-refractivity contribution is 7.92. The lowest BCUT2D eigenvalue weighted by Crippen LogP contribution is -2.68. The van der Waals surface area contributed by atoms with Crippen molar-refractivity contribution in [2.45, 2.75) is 68.2 Å². The SMILES string of the molecule is C[C@@H](O)[C@@](Cc1ccccc1)(NCC(C)(C)C(CC1(C)OCCO1)S(=O)(=O)c1ccc2c(c1)OCCO2)NC(=O)O. The van der Waals surface area contributed by atoms with Crippen LogP contribution in [0.25, 0.3) is 0 Å². The minimum atomic E-state index is -4.02. The monoisotopic (exact) mass is 592 g/mol. The van der Waals surface area contributed by atoms with Crippen LogP contribution in [0.15, 0.2) is 53.4 Å². The van der Waals surface area contributed by atoms with E-state index < -0.39 is 44.1 Å². The average molecular weight is 593 g/mol. The van der Waals surface area contributed by atoms with Gasteiger partial charge in [-0.2, -0.15) is 0 Å². The maximum atomic E-state index is 14.3. The van der Waals surface area contributed by atoms with E-state index in [0.717, 1.165) is 5.56 Å². The van der Waals surface area contributed by atoms with Crippen molar-refractivity contribution in [2.75, 3.05) is 33.0 Å². The Bertz CT molecular complexity index is 1310. The van der Waals surface area contributed by atoms with E-state index in [1.54, 1.807) is 26.8 Å². The zero-order valence-corrected chi connectivity index (χ0v) is 24.7. The molecule has 2 aliphatic heterocycles. The third-order valence-corrected chi connectivity index (χ3v) is 10.2. The largest absolute Gasteiger partial charge is 0.486 e. The topological polar surface area (TPSA) is 153 Å². The smallest absolute Gasteiger partial charge is 0.406 e. The van der Waals surface area contributed by atoms with E-state index in [-0.39, 0.29) is 24.3 Å². The maximum Gasteiger partial charge on any atom is 0.406 e. The number of aliphatic hydroxyl groups excluding tert-OH is 1. The summed E-state index contributed by atoms with van der Waals surface area (Å²) in [5, 5.41) is 25.2. The second-order valence-electron chi connectivity index (χ2n) is 11.5. The molecule has 12 heteroatoms. The Kier molecular flexibility index (Phi) is 9.19. The molecule has 3 atom stereocenters. The summed E-state index contributed by atoms with van der Waals surface area (Å²) in [6, 6.07) is 13.7. The molecule has 0 spiro atoms. The van der Waals surface area contributed by atoms with Gasteiger partial charge in [0.25, 0.3) is 0 Å². The number of amides is 1. The molecule has 0 radical (unpaired) electrons. The van der Waals surface area contributed by atoms with Crippen LogP contribution in [0.4, 0.5) is 4.79 Å². The summed E-state index contributed by atoms with van der Waals surface area (Å²) in [7, 11) is -4.02. The van der Waals surface area contributed by atoms with Crippen LogP contribution in [0.5, 0.6) is 11.5 Å². The van der Waals surface area contributed by atoms with Crippen LogP contribution >= 0.6 is 0 Å². The quantitative estimate of drug-likeness (QED) is 0.271. The van der Waals surface area contributed by atoms with Crippen LogP contribution in [-0.2, 0) is 25.7 Å². The van der Waals surface area contributed by atoms with E-state index in [1.165, 1.54) is 19.1 Å². The second-order valence-corrected chi connectivity index (χ2v) is 13.6. The highest BCUT2D eigenvalue weighted by Gasteiger charge is 2.48. The number of ether oxygens (including phenoxy) is 4. The predicted molar refractivity (Wildman–Crippen MR) is 151 cm³/mol. The van der Waals surface area contributed by atoms with Gasteiger partial charge in [0.15, 0.2) is 27.1 Å². The number of nitrogens with one attached hydrogen (secondary N) is 2. The first-order valence-electron chi connectivity index (χ1n) is 13.7. The number of carboxylic acid groups (broad SMARTS) is 1. The number of hydrogen-bond acceptors (Lipinski definition) is 9. The third kappa shape index (κ3) is 7.12. The van der Waals surface area contributed by atoms with Crippen molar-refractivity contribution < 1.29 is 42.4 Å². The van der Waals surface area contributed by atoms with Gasteiger partial charge in [0, 0.05) is 25.5 Å². The number of aliphatic hydroxyl groups is 1. The Labute approximate surface area is 241 Å². The fraction of sp³-hybridized carbons (Fsp3) is 0.552. The average Bonchev–Trinajstić information content (AvgIpc) is 3.36. The molecule has 1 amide bonds. The summed E-state index contributed by atoms with van der Waals surface area (Å²) in [6.45, 7) is 8.19. The molecule has 2 aromatic carbocycles. The summed E-state index contributed by atoms with van der Waals surface area (Å²) in [6.07, 6.45) is -2.35. The number of benzene rings is 2. The van der Waals surface area contributed by atoms with Crippen molar-refractivity contribution in [2.24, 2.45) is 5.41 Å². The van der Waals surface area contributed by atoms with Crippen LogP contribution in [0, 0.1) is 5.41 Å². The molecule has 11 nitrogen and oxygen atoms in total. The van der Waals surface area contributed by atoms with Gasteiger partial charge in [-0.25, -0.2) is 13.2 Å². The Morgan fingerprint density at radius 2 is 1.66 bits per heavy atom. The molecule has 1 unspecified atom stereocenters. The van der Waals surface area contributed by atoms with Crippen LogP contribution in [0.3, 0.4) is 0 Å². The van der Waals surface area contributed by atoms with E-state index >= 15 is 0 Å². The van der Waals surface area contributed by atoms with E-state index in [4.69, 9.17) is 18.9 Å². The van der Waals surface area contributed by atoms with Crippen molar-refractivity contribution in [1.29, 1.82) is 0 Å². The third-order valence-electron chi connectivity index (χ3n) is 7.77. The number of carbonyl (C=O) groups is 1. The second kappa shape index (κ2) is 12.1. The Balaban J connectivity index is 1.69. The van der Waals surface area contributed by atoms with E-state index in [9.17, 15) is 23.4 Å². The molecule has 2 aromatic rings. The van der Waals surface area contributed by atoms with Gasteiger partial charge < -0.3 is 34.5 Å². The Morgan fingerprint density at radius 1 is 1.02 bits per heavy atom. The van der Waals surface area contributed by atoms with Gasteiger partial charge in [-0.1, -0.05) is 44.2 Å². The highest BCUT2D eigenvalue weighted by Crippen LogP contribution is 2.41. The molecular formula is C29H40N2O9S. The first kappa shape index (κ1) is 31.0. The minimum absolute atomic E-state index is 0.0190. The normalized spacial score (nSPS) is 19.6. The lowest BCUT2D eigenvalue weighted by atomic mass is 9.83. The van der Waals surface area contributed by atoms with Crippen LogP contribution in [0.2, 0.25) is 0 Å². The van der Waals surface area contributed by atoms with Crippen LogP contribution < -0.4 is 20.1 Å². The number of rotatable bonds is 12. The summed E-state index contributed by atoms with van der Waals surface area (Å²) >= 11 is 0. The summed E-state index contributed by atoms with van der Waals surface area (Å²) in [4.78, 5) is 12.0. The van der Waals surface area contributed by atoms with Gasteiger partial charge >= 0.3 is 6.09 Å². The van der Waals surface area contributed by atoms with Gasteiger partial charge in [0.2, 0.25) is 0 Å². The maximum absolute atomic E-state index is 14.3. The van der Waals surface area contributed by atoms with Gasteiger partial charge in [0.05, 0.1) is 29.5 Å². The molecule has 4 N–H and O–H groups in total. The lowest BCUT2D eigenvalue weighted by Gasteiger charge is -2.43. The van der Waals surface area contributed by atoms with Gasteiger partial charge in [-0.3, -0.25) is 5.32 Å². The molecule has 0 bridgehead atoms. The minimum Gasteiger partial charge on any atom is -0.486 e. The van der Waals surface area contributed by atoms with Crippen molar-refractivity contribution in [3.8, 4) is 11.5 Å². The summed E-state index contributed by atoms with van der Waals surface area (Å²) in [5.41, 5.74) is -1.73. The fourth-order valence-electron chi connectivity index (χ4n) is 5.34. The molecule has 226 valence electrons. The number of hydrogen-bond donors (Lipinski definition) is 4. The standard InChI is InChI=1S/C29H40N2O9S/c1-20(32)29(31-26(33)34,17-21-8-6-5-7-9-21)30-19-27(2,3)25(18-28(4)39-14-15-40-28)41(35,36)22-10-11-23-24(16-22)38-13-12-37-23/h5-11,16,20,25,30-32H,12-15,17-19H2,1-4H3,(H,33,34)/t20-,25?,29+/m1/s1. The van der Waals surface area contributed by atoms with Crippen molar-refractivity contribution in [3.63, 3.8) is 0 Å². The molecule has 1 saturated heterocycles. The van der Waals surface area contributed by atoms with E-state index in [1.807, 2.05) is 30.3 Å². The van der Waals surface area contributed by atoms with Gasteiger partial charge in [-0.05, 0) is 37.0 Å². The lowest BCUT2D eigenvalue weighted by molar-refractivity contribution is -0.150. The molecule has 0 aliphatic carbocycles. The molecule has 41 heavy (non-hydrogen) atoms. The van der Waals surface area contributed by atoms with Gasteiger partial charge in [0.1, 0.15) is 18.9 Å². The molecule has 4 rings (SSSR count). The molecule has 2 heterocycles. The van der Waals surface area contributed by atoms with E-state index in [0.29, 0.717) is 37.9 Å². The van der Waals surface area contributed by atoms with Gasteiger partial charge in [-0.15, -0.1) is 0 Å². The first-order chi connectivity index (χ1) is 19.3. The number of sulfone groups is 1. The molecule has 0 aromatic heterocycles. The van der Waals surface area contributed by atoms with Crippen molar-refractivity contribution in [3.05, 3.63) is 54.1 Å². The molecule has 1 fully saturated rings. The summed E-state index contributed by atoms with van der Waals surface area (Å²) < 4.78 is 51.5. The van der Waals surface area contributed by atoms with Crippen molar-refractivity contribution in [1.82, 2.24) is 10.6 Å². The van der Waals surface area contributed by atoms with Crippen LogP contribution in [0.1, 0.15) is 39.7 Å². The van der Waals surface area contributed by atoms with E-state index in [2.05, 4.69) is 10.6 Å². The van der Waals surface area contributed by atoms with Crippen molar-refractivity contribution >= 4 is 15.9 Å². The van der Waals surface area contributed by atoms with Crippen LogP contribution in [-0.4, -0.2) is 80.5 Å². The molecule has 2 aliphatic rings. The predicted octanol–water partition coefficient (Wildman–Crippen LogP) is 2.96. The zero-order valence-electron chi connectivity index (χ0n) is 23.9. The Hall–Kier alpha value is -2.90.